The summed E-state index contributed by atoms with van der Waals surface area (Å²) in [4.78, 5) is 5.65. The SMILES string of the molecule is CN=C(NCCc1ccc2c(c1)CCO2)NCCc1ccc(Br)s1. The molecule has 0 atom stereocenters. The van der Waals surface area contributed by atoms with Crippen LogP contribution in [0.5, 0.6) is 5.75 Å². The van der Waals surface area contributed by atoms with Gasteiger partial charge in [-0.2, -0.15) is 0 Å². The lowest BCUT2D eigenvalue weighted by atomic mass is 10.1. The number of fused-ring (bicyclic) bond motifs is 1. The van der Waals surface area contributed by atoms with Gasteiger partial charge in [0, 0.05) is 31.4 Å². The van der Waals surface area contributed by atoms with E-state index in [1.807, 2.05) is 7.05 Å². The molecule has 0 amide bonds. The summed E-state index contributed by atoms with van der Waals surface area (Å²) in [6.07, 6.45) is 3.01. The summed E-state index contributed by atoms with van der Waals surface area (Å²) in [5.74, 6) is 1.90. The molecule has 0 radical (unpaired) electrons. The minimum Gasteiger partial charge on any atom is -0.493 e. The Balaban J connectivity index is 1.39. The lowest BCUT2D eigenvalue weighted by molar-refractivity contribution is 0.357. The zero-order chi connectivity index (χ0) is 16.8. The van der Waals surface area contributed by atoms with E-state index >= 15 is 0 Å². The average Bonchev–Trinajstić information content (AvgIpc) is 3.21. The third-order valence-corrected chi connectivity index (χ3v) is 5.66. The van der Waals surface area contributed by atoms with Gasteiger partial charge < -0.3 is 15.4 Å². The molecule has 1 aliphatic heterocycles. The number of hydrogen-bond acceptors (Lipinski definition) is 3. The molecule has 128 valence electrons. The van der Waals surface area contributed by atoms with Crippen LogP contribution in [0.3, 0.4) is 0 Å². The van der Waals surface area contributed by atoms with E-state index in [1.54, 1.807) is 11.3 Å². The number of rotatable bonds is 6. The molecule has 1 aliphatic rings. The van der Waals surface area contributed by atoms with Crippen molar-refractivity contribution in [1.82, 2.24) is 10.6 Å². The van der Waals surface area contributed by atoms with Crippen LogP contribution in [0, 0.1) is 0 Å². The van der Waals surface area contributed by atoms with Crippen LogP contribution < -0.4 is 15.4 Å². The molecule has 0 bridgehead atoms. The van der Waals surface area contributed by atoms with Gasteiger partial charge in [-0.05, 0) is 58.1 Å². The highest BCUT2D eigenvalue weighted by molar-refractivity contribution is 9.11. The second kappa shape index (κ2) is 8.53. The molecule has 4 nitrogen and oxygen atoms in total. The molecule has 24 heavy (non-hydrogen) atoms. The highest BCUT2D eigenvalue weighted by atomic mass is 79.9. The number of guanidine groups is 1. The Bertz CT molecular complexity index is 714. The number of ether oxygens (including phenoxy) is 1. The predicted octanol–water partition coefficient (Wildman–Crippen LogP) is 3.40. The Morgan fingerprint density at radius 3 is 2.79 bits per heavy atom. The molecule has 2 heterocycles. The maximum absolute atomic E-state index is 5.55. The lowest BCUT2D eigenvalue weighted by Gasteiger charge is -2.12. The van der Waals surface area contributed by atoms with Crippen molar-refractivity contribution >= 4 is 33.2 Å². The van der Waals surface area contributed by atoms with Crippen LogP contribution in [0.25, 0.3) is 0 Å². The summed E-state index contributed by atoms with van der Waals surface area (Å²) in [7, 11) is 1.81. The van der Waals surface area contributed by atoms with Crippen molar-refractivity contribution < 1.29 is 4.74 Å². The molecule has 0 saturated heterocycles. The van der Waals surface area contributed by atoms with Gasteiger partial charge in [0.15, 0.2) is 5.96 Å². The third kappa shape index (κ3) is 4.74. The van der Waals surface area contributed by atoms with Crippen molar-refractivity contribution in [2.24, 2.45) is 4.99 Å². The molecule has 2 N–H and O–H groups in total. The van der Waals surface area contributed by atoms with E-state index in [4.69, 9.17) is 4.74 Å². The molecular weight excluding hydrogens is 386 g/mol. The molecule has 6 heteroatoms. The Kier molecular flexibility index (Phi) is 6.15. The van der Waals surface area contributed by atoms with E-state index < -0.39 is 0 Å². The van der Waals surface area contributed by atoms with E-state index in [-0.39, 0.29) is 0 Å². The Morgan fingerprint density at radius 1 is 1.21 bits per heavy atom. The predicted molar refractivity (Wildman–Crippen MR) is 104 cm³/mol. The van der Waals surface area contributed by atoms with Gasteiger partial charge in [0.05, 0.1) is 10.4 Å². The first kappa shape index (κ1) is 17.3. The number of aliphatic imine (C=N–C) groups is 1. The second-order valence-corrected chi connectivity index (χ2v) is 8.22. The van der Waals surface area contributed by atoms with Gasteiger partial charge in [0.2, 0.25) is 0 Å². The van der Waals surface area contributed by atoms with Gasteiger partial charge in [0.25, 0.3) is 0 Å². The van der Waals surface area contributed by atoms with Gasteiger partial charge in [0.1, 0.15) is 5.75 Å². The zero-order valence-corrected chi connectivity index (χ0v) is 16.2. The molecule has 0 saturated carbocycles. The van der Waals surface area contributed by atoms with E-state index in [0.717, 1.165) is 50.7 Å². The second-order valence-electron chi connectivity index (χ2n) is 5.67. The Hall–Kier alpha value is -1.53. The van der Waals surface area contributed by atoms with Crippen molar-refractivity contribution in [2.75, 3.05) is 26.7 Å². The first-order valence-electron chi connectivity index (χ1n) is 8.18. The highest BCUT2D eigenvalue weighted by Crippen LogP contribution is 2.25. The van der Waals surface area contributed by atoms with Crippen LogP contribution in [0.15, 0.2) is 39.1 Å². The minimum atomic E-state index is 0.814. The van der Waals surface area contributed by atoms with Crippen LogP contribution in [-0.4, -0.2) is 32.7 Å². The first-order chi connectivity index (χ1) is 11.7. The first-order valence-corrected chi connectivity index (χ1v) is 9.79. The quantitative estimate of drug-likeness (QED) is 0.569. The topological polar surface area (TPSA) is 45.7 Å². The summed E-state index contributed by atoms with van der Waals surface area (Å²) in [5, 5.41) is 6.74. The lowest BCUT2D eigenvalue weighted by Crippen LogP contribution is -2.39. The van der Waals surface area contributed by atoms with Gasteiger partial charge in [-0.3, -0.25) is 4.99 Å². The number of thiophene rings is 1. The van der Waals surface area contributed by atoms with Crippen LogP contribution in [0.1, 0.15) is 16.0 Å². The fourth-order valence-electron chi connectivity index (χ4n) is 2.73. The van der Waals surface area contributed by atoms with Gasteiger partial charge in [-0.25, -0.2) is 0 Å². The highest BCUT2D eigenvalue weighted by Gasteiger charge is 2.11. The Labute approximate surface area is 155 Å². The van der Waals surface area contributed by atoms with Crippen molar-refractivity contribution in [3.63, 3.8) is 0 Å². The van der Waals surface area contributed by atoms with Crippen LogP contribution in [0.4, 0.5) is 0 Å². The molecule has 2 aromatic rings. The smallest absolute Gasteiger partial charge is 0.190 e. The number of benzene rings is 1. The fraction of sp³-hybridized carbons (Fsp3) is 0.389. The number of nitrogens with zero attached hydrogens (tertiary/aromatic N) is 1. The Morgan fingerprint density at radius 2 is 2.04 bits per heavy atom. The van der Waals surface area contributed by atoms with Crippen LogP contribution in [0.2, 0.25) is 0 Å². The van der Waals surface area contributed by atoms with Crippen molar-refractivity contribution in [3.05, 3.63) is 50.1 Å². The summed E-state index contributed by atoms with van der Waals surface area (Å²) in [5.41, 5.74) is 2.67. The molecule has 0 fully saturated rings. The fourth-order valence-corrected chi connectivity index (χ4v) is 4.21. The summed E-state index contributed by atoms with van der Waals surface area (Å²) in [6, 6.07) is 10.7. The molecular formula is C18H22BrN3OS. The maximum atomic E-state index is 5.55. The van der Waals surface area contributed by atoms with E-state index in [9.17, 15) is 0 Å². The van der Waals surface area contributed by atoms with Crippen molar-refractivity contribution in [3.8, 4) is 5.75 Å². The van der Waals surface area contributed by atoms with E-state index in [0.29, 0.717) is 0 Å². The number of halogens is 1. The van der Waals surface area contributed by atoms with Gasteiger partial charge >= 0.3 is 0 Å². The van der Waals surface area contributed by atoms with E-state index in [1.165, 1.54) is 19.8 Å². The molecule has 1 aromatic heterocycles. The maximum Gasteiger partial charge on any atom is 0.190 e. The standard InChI is InChI=1S/C18H22BrN3OS/c1-20-18(22-10-7-15-3-5-17(19)24-15)21-9-6-13-2-4-16-14(12-13)8-11-23-16/h2-5,12H,6-11H2,1H3,(H2,20,21,22). The van der Waals surface area contributed by atoms with Crippen LogP contribution in [-0.2, 0) is 19.3 Å². The summed E-state index contributed by atoms with van der Waals surface area (Å²) < 4.78 is 6.73. The molecule has 3 rings (SSSR count). The molecule has 1 aromatic carbocycles. The van der Waals surface area contributed by atoms with Gasteiger partial charge in [-0.1, -0.05) is 12.1 Å². The van der Waals surface area contributed by atoms with Crippen LogP contribution >= 0.6 is 27.3 Å². The van der Waals surface area contributed by atoms with E-state index in [2.05, 4.69) is 61.9 Å². The summed E-state index contributed by atoms with van der Waals surface area (Å²) >= 11 is 5.27. The monoisotopic (exact) mass is 407 g/mol. The van der Waals surface area contributed by atoms with Gasteiger partial charge in [-0.15, -0.1) is 11.3 Å². The third-order valence-electron chi connectivity index (χ3n) is 3.98. The zero-order valence-electron chi connectivity index (χ0n) is 13.8. The number of nitrogens with one attached hydrogen (secondary N) is 2. The molecule has 0 aliphatic carbocycles. The number of hydrogen-bond donors (Lipinski definition) is 2. The molecule has 0 spiro atoms. The average molecular weight is 408 g/mol. The summed E-state index contributed by atoms with van der Waals surface area (Å²) in [6.45, 7) is 2.56. The van der Waals surface area contributed by atoms with Crippen molar-refractivity contribution in [2.45, 2.75) is 19.3 Å². The normalized spacial score (nSPS) is 13.5. The van der Waals surface area contributed by atoms with Crippen molar-refractivity contribution in [1.29, 1.82) is 0 Å². The largest absolute Gasteiger partial charge is 0.493 e. The molecule has 0 unspecified atom stereocenters. The minimum absolute atomic E-state index is 0.814.